The molecule has 2 N–H and O–H groups in total. The first-order valence-electron chi connectivity index (χ1n) is 6.81. The first kappa shape index (κ1) is 14.3. The highest BCUT2D eigenvalue weighted by atomic mass is 16.3. The molecule has 2 rings (SSSR count). The normalized spacial score (nSPS) is 12.0. The first-order valence-corrected chi connectivity index (χ1v) is 6.81. The smallest absolute Gasteiger partial charge is 0.120 e. The minimum Gasteiger partial charge on any atom is -0.508 e. The van der Waals surface area contributed by atoms with E-state index in [0.29, 0.717) is 5.75 Å². The lowest BCUT2D eigenvalue weighted by Gasteiger charge is -2.22. The summed E-state index contributed by atoms with van der Waals surface area (Å²) in [5, 5.41) is 13.5. The van der Waals surface area contributed by atoms with Gasteiger partial charge in [-0.25, -0.2) is 0 Å². The monoisotopic (exact) mass is 270 g/mol. The van der Waals surface area contributed by atoms with Crippen molar-refractivity contribution in [2.75, 3.05) is 24.3 Å². The van der Waals surface area contributed by atoms with Gasteiger partial charge in [0, 0.05) is 19.7 Å². The average molecular weight is 270 g/mol. The molecule has 3 heteroatoms. The number of aromatic hydroxyl groups is 1. The minimum atomic E-state index is 0.0380. The largest absolute Gasteiger partial charge is 0.508 e. The summed E-state index contributed by atoms with van der Waals surface area (Å²) in [4.78, 5) is 2.07. The van der Waals surface area contributed by atoms with Crippen molar-refractivity contribution in [1.29, 1.82) is 0 Å². The fourth-order valence-electron chi connectivity index (χ4n) is 2.32. The Morgan fingerprint density at radius 2 is 1.80 bits per heavy atom. The molecule has 0 bridgehead atoms. The second-order valence-corrected chi connectivity index (χ2v) is 5.34. The van der Waals surface area contributed by atoms with Gasteiger partial charge in [0.05, 0.1) is 17.4 Å². The minimum absolute atomic E-state index is 0.0380. The second kappa shape index (κ2) is 5.87. The summed E-state index contributed by atoms with van der Waals surface area (Å²) in [5.74, 6) is 0.331. The summed E-state index contributed by atoms with van der Waals surface area (Å²) in [7, 11) is 4.05. The zero-order valence-electron chi connectivity index (χ0n) is 12.5. The summed E-state index contributed by atoms with van der Waals surface area (Å²) in [6.45, 7) is 4.09. The highest BCUT2D eigenvalue weighted by molar-refractivity contribution is 5.70. The maximum Gasteiger partial charge on any atom is 0.120 e. The first-order chi connectivity index (χ1) is 9.49. The molecule has 0 aliphatic rings. The molecule has 0 heterocycles. The highest BCUT2D eigenvalue weighted by Crippen LogP contribution is 2.31. The molecule has 0 spiro atoms. The Hall–Kier alpha value is -2.16. The molecule has 1 unspecified atom stereocenters. The molecule has 0 aliphatic carbocycles. The number of phenolic OH excluding ortho intramolecular Hbond substituents is 1. The van der Waals surface area contributed by atoms with Crippen molar-refractivity contribution in [2.45, 2.75) is 19.9 Å². The summed E-state index contributed by atoms with van der Waals surface area (Å²) >= 11 is 0. The Kier molecular flexibility index (Phi) is 4.18. The van der Waals surface area contributed by atoms with E-state index < -0.39 is 0 Å². The van der Waals surface area contributed by atoms with Crippen molar-refractivity contribution in [2.24, 2.45) is 0 Å². The van der Waals surface area contributed by atoms with Gasteiger partial charge < -0.3 is 15.3 Å². The molecular weight excluding hydrogens is 248 g/mol. The predicted molar refractivity (Wildman–Crippen MR) is 85.7 cm³/mol. The van der Waals surface area contributed by atoms with Crippen LogP contribution in [-0.4, -0.2) is 19.2 Å². The van der Waals surface area contributed by atoms with Crippen LogP contribution in [0.1, 0.15) is 24.1 Å². The number of hydrogen-bond donors (Lipinski definition) is 2. The van der Waals surface area contributed by atoms with Crippen molar-refractivity contribution in [3.8, 4) is 5.75 Å². The van der Waals surface area contributed by atoms with E-state index >= 15 is 0 Å². The Morgan fingerprint density at radius 3 is 2.50 bits per heavy atom. The third-order valence-corrected chi connectivity index (χ3v) is 3.41. The summed E-state index contributed by atoms with van der Waals surface area (Å²) in [6.07, 6.45) is 0. The van der Waals surface area contributed by atoms with Crippen molar-refractivity contribution in [3.63, 3.8) is 0 Å². The third kappa shape index (κ3) is 3.05. The van der Waals surface area contributed by atoms with E-state index in [4.69, 9.17) is 0 Å². The number of benzene rings is 2. The van der Waals surface area contributed by atoms with Crippen LogP contribution in [0.4, 0.5) is 11.4 Å². The van der Waals surface area contributed by atoms with Gasteiger partial charge in [0.2, 0.25) is 0 Å². The van der Waals surface area contributed by atoms with Gasteiger partial charge in [-0.3, -0.25) is 0 Å². The van der Waals surface area contributed by atoms with Crippen LogP contribution in [0.15, 0.2) is 42.5 Å². The molecule has 106 valence electrons. The molecule has 0 aliphatic heterocycles. The van der Waals surface area contributed by atoms with E-state index in [-0.39, 0.29) is 6.04 Å². The third-order valence-electron chi connectivity index (χ3n) is 3.41. The van der Waals surface area contributed by atoms with Crippen molar-refractivity contribution in [3.05, 3.63) is 53.6 Å². The molecule has 0 saturated heterocycles. The van der Waals surface area contributed by atoms with Crippen LogP contribution in [0.3, 0.4) is 0 Å². The van der Waals surface area contributed by atoms with Gasteiger partial charge in [-0.1, -0.05) is 29.8 Å². The number of para-hydroxylation sites is 2. The lowest BCUT2D eigenvalue weighted by atomic mass is 10.0. The SMILES string of the molecule is Cc1ccc(O)c(C(C)Nc2ccccc2N(C)C)c1. The highest BCUT2D eigenvalue weighted by Gasteiger charge is 2.12. The average Bonchev–Trinajstić information content (AvgIpc) is 2.41. The van der Waals surface area contributed by atoms with Crippen LogP contribution >= 0.6 is 0 Å². The molecule has 2 aromatic rings. The zero-order chi connectivity index (χ0) is 14.7. The molecular formula is C17H22N2O. The maximum absolute atomic E-state index is 10.0. The lowest BCUT2D eigenvalue weighted by Crippen LogP contribution is -2.14. The van der Waals surface area contributed by atoms with Gasteiger partial charge in [-0.2, -0.15) is 0 Å². The molecule has 0 amide bonds. The van der Waals surface area contributed by atoms with Crippen LogP contribution in [0.5, 0.6) is 5.75 Å². The van der Waals surface area contributed by atoms with Gasteiger partial charge in [0.15, 0.2) is 0 Å². The number of rotatable bonds is 4. The van der Waals surface area contributed by atoms with Crippen LogP contribution in [-0.2, 0) is 0 Å². The Morgan fingerprint density at radius 1 is 1.10 bits per heavy atom. The van der Waals surface area contributed by atoms with E-state index in [1.54, 1.807) is 6.07 Å². The summed E-state index contributed by atoms with van der Waals surface area (Å²) in [5.41, 5.74) is 4.25. The van der Waals surface area contributed by atoms with Gasteiger partial charge in [-0.05, 0) is 32.0 Å². The van der Waals surface area contributed by atoms with Gasteiger partial charge in [-0.15, -0.1) is 0 Å². The van der Waals surface area contributed by atoms with Gasteiger partial charge in [0.1, 0.15) is 5.75 Å². The van der Waals surface area contributed by atoms with E-state index in [0.717, 1.165) is 22.5 Å². The fourth-order valence-corrected chi connectivity index (χ4v) is 2.32. The van der Waals surface area contributed by atoms with E-state index in [1.165, 1.54) is 0 Å². The zero-order valence-corrected chi connectivity index (χ0v) is 12.5. The number of anilines is 2. The predicted octanol–water partition coefficient (Wildman–Crippen LogP) is 3.94. The van der Waals surface area contributed by atoms with E-state index in [1.807, 2.05) is 45.3 Å². The van der Waals surface area contributed by atoms with Crippen LogP contribution in [0.25, 0.3) is 0 Å². The molecule has 0 saturated carbocycles. The summed E-state index contributed by atoms with van der Waals surface area (Å²) < 4.78 is 0. The quantitative estimate of drug-likeness (QED) is 0.883. The van der Waals surface area contributed by atoms with Crippen LogP contribution in [0.2, 0.25) is 0 Å². The molecule has 20 heavy (non-hydrogen) atoms. The Bertz CT molecular complexity index is 593. The molecule has 1 atom stereocenters. The fraction of sp³-hybridized carbons (Fsp3) is 0.294. The maximum atomic E-state index is 10.0. The Balaban J connectivity index is 2.28. The molecule has 3 nitrogen and oxygen atoms in total. The second-order valence-electron chi connectivity index (χ2n) is 5.34. The van der Waals surface area contributed by atoms with Crippen LogP contribution < -0.4 is 10.2 Å². The molecule has 2 aromatic carbocycles. The van der Waals surface area contributed by atoms with Crippen molar-refractivity contribution >= 4 is 11.4 Å². The molecule has 0 fully saturated rings. The lowest BCUT2D eigenvalue weighted by molar-refractivity contribution is 0.465. The van der Waals surface area contributed by atoms with Gasteiger partial charge in [0.25, 0.3) is 0 Å². The number of nitrogens with one attached hydrogen (secondary N) is 1. The number of nitrogens with zero attached hydrogens (tertiary/aromatic N) is 1. The Labute approximate surface area is 120 Å². The molecule has 0 radical (unpaired) electrons. The van der Waals surface area contributed by atoms with Crippen molar-refractivity contribution in [1.82, 2.24) is 0 Å². The van der Waals surface area contributed by atoms with Crippen LogP contribution in [0, 0.1) is 6.92 Å². The number of hydrogen-bond acceptors (Lipinski definition) is 3. The summed E-state index contributed by atoms with van der Waals surface area (Å²) in [6, 6.07) is 13.9. The number of aryl methyl sites for hydroxylation is 1. The topological polar surface area (TPSA) is 35.5 Å². The van der Waals surface area contributed by atoms with E-state index in [2.05, 4.69) is 29.3 Å². The molecule has 0 aromatic heterocycles. The van der Waals surface area contributed by atoms with E-state index in [9.17, 15) is 5.11 Å². The number of phenols is 1. The van der Waals surface area contributed by atoms with Crippen molar-refractivity contribution < 1.29 is 5.11 Å². The van der Waals surface area contributed by atoms with Gasteiger partial charge >= 0.3 is 0 Å². The standard InChI is InChI=1S/C17H22N2O/c1-12-9-10-17(20)14(11-12)13(2)18-15-7-5-6-8-16(15)19(3)4/h5-11,13,18,20H,1-4H3.